The molecule has 1 saturated heterocycles. The van der Waals surface area contributed by atoms with Crippen LogP contribution in [0.1, 0.15) is 46.3 Å². The molecule has 1 aromatic carbocycles. The Labute approximate surface area is 254 Å². The molecule has 5 rings (SSSR count). The zero-order chi connectivity index (χ0) is 31.1. The minimum atomic E-state index is -4.84. The van der Waals surface area contributed by atoms with Gasteiger partial charge in [-0.1, -0.05) is 29.8 Å². The summed E-state index contributed by atoms with van der Waals surface area (Å²) in [6.07, 6.45) is -0.614. The fourth-order valence-electron chi connectivity index (χ4n) is 5.43. The van der Waals surface area contributed by atoms with Crippen molar-refractivity contribution >= 4 is 34.8 Å². The molecule has 8 nitrogen and oxygen atoms in total. The van der Waals surface area contributed by atoms with Crippen LogP contribution in [0.3, 0.4) is 0 Å². The van der Waals surface area contributed by atoms with Gasteiger partial charge < -0.3 is 15.1 Å². The lowest BCUT2D eigenvalue weighted by Crippen LogP contribution is -2.59. The average Bonchev–Trinajstić information content (AvgIpc) is 3.52. The van der Waals surface area contributed by atoms with Crippen molar-refractivity contribution in [2.45, 2.75) is 45.1 Å². The van der Waals surface area contributed by atoms with Gasteiger partial charge in [0.15, 0.2) is 5.69 Å². The van der Waals surface area contributed by atoms with Crippen LogP contribution in [0.25, 0.3) is 11.1 Å². The van der Waals surface area contributed by atoms with Crippen LogP contribution in [0.2, 0.25) is 5.02 Å². The zero-order valence-corrected chi connectivity index (χ0v) is 24.8. The number of hydrogen-bond donors (Lipinski definition) is 1. The number of carbonyl (C=O) groups excluding carboxylic acids is 2. The lowest BCUT2D eigenvalue weighted by Gasteiger charge is -2.39. The molecule has 0 aliphatic carbocycles. The van der Waals surface area contributed by atoms with Crippen LogP contribution in [-0.4, -0.2) is 63.6 Å². The number of carbonyl (C=O) groups is 2. The highest BCUT2D eigenvalue weighted by Gasteiger charge is 2.41. The molecule has 0 bridgehead atoms. The number of rotatable bonds is 7. The Hall–Kier alpha value is -3.73. The van der Waals surface area contributed by atoms with Gasteiger partial charge in [0, 0.05) is 79.9 Å². The van der Waals surface area contributed by atoms with Crippen molar-refractivity contribution in [2.75, 3.05) is 26.2 Å². The van der Waals surface area contributed by atoms with Gasteiger partial charge in [-0.05, 0) is 24.1 Å². The van der Waals surface area contributed by atoms with E-state index >= 15 is 4.39 Å². The molecule has 0 unspecified atom stereocenters. The van der Waals surface area contributed by atoms with Gasteiger partial charge in [-0.2, -0.15) is 23.5 Å². The van der Waals surface area contributed by atoms with E-state index in [9.17, 15) is 28.0 Å². The normalized spacial score (nSPS) is 17.2. The van der Waals surface area contributed by atoms with Crippen LogP contribution in [0.4, 0.5) is 17.6 Å². The second-order valence-corrected chi connectivity index (χ2v) is 11.8. The summed E-state index contributed by atoms with van der Waals surface area (Å²) in [6, 6.07) is 6.17. The molecule has 2 aliphatic rings. The van der Waals surface area contributed by atoms with Crippen molar-refractivity contribution in [2.24, 2.45) is 0 Å². The molecular formula is C29H27ClF4N6O2S. The number of halogens is 5. The number of amides is 2. The van der Waals surface area contributed by atoms with E-state index in [1.165, 1.54) is 36.2 Å². The van der Waals surface area contributed by atoms with Crippen molar-refractivity contribution in [3.63, 3.8) is 0 Å². The number of thiophene rings is 1. The molecule has 2 aliphatic heterocycles. The largest absolute Gasteiger partial charge is 0.435 e. The van der Waals surface area contributed by atoms with E-state index in [2.05, 4.69) is 10.4 Å². The number of nitrogens with zero attached hydrogens (tertiary/aromatic N) is 5. The molecule has 0 spiro atoms. The molecule has 14 heteroatoms. The highest BCUT2D eigenvalue weighted by Crippen LogP contribution is 2.48. The topological polar surface area (TPSA) is 94.3 Å². The summed E-state index contributed by atoms with van der Waals surface area (Å²) >= 11 is 7.71. The van der Waals surface area contributed by atoms with Crippen molar-refractivity contribution in [1.29, 1.82) is 5.26 Å². The highest BCUT2D eigenvalue weighted by molar-refractivity contribution is 7.13. The minimum absolute atomic E-state index is 0.000833. The zero-order valence-electron chi connectivity index (χ0n) is 23.2. The molecule has 0 saturated carbocycles. The Morgan fingerprint density at radius 2 is 2.00 bits per heavy atom. The molecule has 1 atom stereocenters. The number of fused-ring (bicyclic) bond motifs is 1. The van der Waals surface area contributed by atoms with E-state index in [1.54, 1.807) is 17.9 Å². The number of alkyl halides is 3. The van der Waals surface area contributed by atoms with Gasteiger partial charge in [-0.15, -0.1) is 11.3 Å². The number of aromatic nitrogens is 2. The Bertz CT molecular complexity index is 1640. The molecule has 0 radical (unpaired) electrons. The minimum Gasteiger partial charge on any atom is -0.340 e. The fourth-order valence-corrected chi connectivity index (χ4v) is 6.96. The van der Waals surface area contributed by atoms with Crippen LogP contribution in [0.5, 0.6) is 0 Å². The third-order valence-corrected chi connectivity index (χ3v) is 9.22. The van der Waals surface area contributed by atoms with Crippen molar-refractivity contribution in [3.05, 3.63) is 74.0 Å². The van der Waals surface area contributed by atoms with E-state index in [0.717, 1.165) is 22.1 Å². The molecule has 43 heavy (non-hydrogen) atoms. The first-order chi connectivity index (χ1) is 20.4. The predicted molar refractivity (Wildman–Crippen MR) is 153 cm³/mol. The Kier molecular flexibility index (Phi) is 8.65. The first-order valence-corrected chi connectivity index (χ1v) is 14.7. The predicted octanol–water partition coefficient (Wildman–Crippen LogP) is 5.17. The van der Waals surface area contributed by atoms with Crippen LogP contribution < -0.4 is 5.32 Å². The van der Waals surface area contributed by atoms with Crippen molar-refractivity contribution in [3.8, 4) is 17.2 Å². The number of benzene rings is 1. The van der Waals surface area contributed by atoms with Gasteiger partial charge in [0.05, 0.1) is 11.6 Å². The molecule has 1 N–H and O–H groups in total. The summed E-state index contributed by atoms with van der Waals surface area (Å²) in [5.41, 5.74) is -1.20. The van der Waals surface area contributed by atoms with Crippen LogP contribution in [0.15, 0.2) is 36.5 Å². The smallest absolute Gasteiger partial charge is 0.340 e. The maximum absolute atomic E-state index is 15.5. The summed E-state index contributed by atoms with van der Waals surface area (Å²) < 4.78 is 58.8. The number of aryl methyl sites for hydroxylation is 1. The second kappa shape index (κ2) is 12.1. The number of likely N-dealkylation sites (tertiary alicyclic amines) is 1. The van der Waals surface area contributed by atoms with E-state index in [4.69, 9.17) is 11.6 Å². The third-order valence-electron chi connectivity index (χ3n) is 7.62. The monoisotopic (exact) mass is 634 g/mol. The summed E-state index contributed by atoms with van der Waals surface area (Å²) in [5, 5.41) is 16.7. The third kappa shape index (κ3) is 6.04. The number of nitriles is 1. The maximum atomic E-state index is 15.5. The Morgan fingerprint density at radius 1 is 1.26 bits per heavy atom. The van der Waals surface area contributed by atoms with Gasteiger partial charge in [0.25, 0.3) is 0 Å². The summed E-state index contributed by atoms with van der Waals surface area (Å²) in [6.45, 7) is 4.99. The maximum Gasteiger partial charge on any atom is 0.435 e. The molecular weight excluding hydrogens is 608 g/mol. The summed E-state index contributed by atoms with van der Waals surface area (Å²) in [4.78, 5) is 28.7. The second-order valence-electron chi connectivity index (χ2n) is 10.3. The van der Waals surface area contributed by atoms with E-state index in [-0.39, 0.29) is 58.5 Å². The first-order valence-electron chi connectivity index (χ1n) is 13.5. The van der Waals surface area contributed by atoms with Gasteiger partial charge in [-0.25, -0.2) is 4.39 Å². The lowest BCUT2D eigenvalue weighted by atomic mass is 9.83. The molecule has 4 heterocycles. The van der Waals surface area contributed by atoms with Crippen LogP contribution in [-0.2, 0) is 28.9 Å². The average molecular weight is 635 g/mol. The van der Waals surface area contributed by atoms with E-state index < -0.39 is 29.2 Å². The lowest BCUT2D eigenvalue weighted by molar-refractivity contribution is -0.141. The van der Waals surface area contributed by atoms with Gasteiger partial charge in [0.2, 0.25) is 11.8 Å². The molecule has 1 fully saturated rings. The van der Waals surface area contributed by atoms with Crippen molar-refractivity contribution < 1.29 is 27.2 Å². The molecule has 3 aromatic rings. The highest BCUT2D eigenvalue weighted by atomic mass is 35.5. The Morgan fingerprint density at radius 3 is 2.65 bits per heavy atom. The van der Waals surface area contributed by atoms with Crippen molar-refractivity contribution in [1.82, 2.24) is 24.9 Å². The Balaban J connectivity index is 1.48. The fraction of sp³-hybridized carbons (Fsp3) is 0.379. The number of nitrogens with one attached hydrogen (secondary N) is 1. The van der Waals surface area contributed by atoms with Crippen LogP contribution >= 0.6 is 22.9 Å². The van der Waals surface area contributed by atoms with E-state index in [1.807, 2.05) is 6.07 Å². The molecule has 2 aromatic heterocycles. The number of hydrogen-bond acceptors (Lipinski definition) is 6. The van der Waals surface area contributed by atoms with Gasteiger partial charge >= 0.3 is 6.18 Å². The molecule has 226 valence electrons. The first kappa shape index (κ1) is 30.7. The van der Waals surface area contributed by atoms with Crippen LogP contribution in [0, 0.1) is 17.1 Å². The standard InChI is InChI=1S/C29H27ClF4N6O2S/c1-3-40-14-20(28(37-40)29(32,33)34)25-18(6-4-7-21(25)31)19-13-39(15-23-26(19)27(30)22(10-35)43-23)24(42)8-5-9-36-17-11-38(12-17)16(2)41/h4-8,14,17,19,36H,3,9,11-13,15H2,1-2H3/b8-5+/t19-/m0/s1. The quantitative estimate of drug-likeness (QED) is 0.286. The van der Waals surface area contributed by atoms with E-state index in [0.29, 0.717) is 30.1 Å². The SMILES string of the molecule is CCn1cc(-c2c(F)cccc2[C@@H]2CN(C(=O)/C=C/CNC3CN(C(C)=O)C3)Cc3sc(C#N)c(Cl)c32)c(C(F)(F)F)n1. The summed E-state index contributed by atoms with van der Waals surface area (Å²) in [7, 11) is 0. The summed E-state index contributed by atoms with van der Waals surface area (Å²) in [5.74, 6) is -2.03. The molecule has 2 amide bonds. The van der Waals surface area contributed by atoms with Gasteiger partial charge in [-0.3, -0.25) is 14.3 Å². The van der Waals surface area contributed by atoms with Gasteiger partial charge in [0.1, 0.15) is 16.8 Å².